The van der Waals surface area contributed by atoms with Gasteiger partial charge in [0.2, 0.25) is 11.8 Å². The van der Waals surface area contributed by atoms with Crippen LogP contribution in [0.1, 0.15) is 63.9 Å². The first-order valence-electron chi connectivity index (χ1n) is 12.6. The van der Waals surface area contributed by atoms with Crippen molar-refractivity contribution in [3.63, 3.8) is 0 Å². The molecule has 0 aromatic heterocycles. The summed E-state index contributed by atoms with van der Waals surface area (Å²) in [4.78, 5) is 30.0. The van der Waals surface area contributed by atoms with E-state index in [4.69, 9.17) is 5.73 Å². The Bertz CT molecular complexity index is 766. The summed E-state index contributed by atoms with van der Waals surface area (Å²) in [6, 6.07) is 11.2. The Hall–Kier alpha value is -1.92. The second kappa shape index (κ2) is 10.8. The Morgan fingerprint density at radius 3 is 2.47 bits per heavy atom. The zero-order valence-electron chi connectivity index (χ0n) is 19.5. The van der Waals surface area contributed by atoms with Crippen LogP contribution in [-0.4, -0.2) is 59.4 Å². The van der Waals surface area contributed by atoms with Crippen LogP contribution in [0.15, 0.2) is 30.3 Å². The van der Waals surface area contributed by atoms with Crippen LogP contribution in [0, 0.1) is 11.8 Å². The second-order valence-corrected chi connectivity index (χ2v) is 10.2. The number of nitrogens with zero attached hydrogens (tertiary/aromatic N) is 2. The molecule has 1 aromatic rings. The third-order valence-electron chi connectivity index (χ3n) is 7.76. The van der Waals surface area contributed by atoms with E-state index >= 15 is 0 Å². The quantitative estimate of drug-likeness (QED) is 0.652. The smallest absolute Gasteiger partial charge is 0.242 e. The van der Waals surface area contributed by atoms with E-state index in [9.17, 15) is 9.59 Å². The van der Waals surface area contributed by atoms with Crippen molar-refractivity contribution in [2.75, 3.05) is 19.6 Å². The van der Waals surface area contributed by atoms with Crippen LogP contribution in [0.4, 0.5) is 0 Å². The van der Waals surface area contributed by atoms with Gasteiger partial charge in [-0.1, -0.05) is 36.8 Å². The van der Waals surface area contributed by atoms with Crippen LogP contribution in [-0.2, 0) is 16.1 Å². The lowest BCUT2D eigenvalue weighted by atomic mass is 9.81. The van der Waals surface area contributed by atoms with Crippen molar-refractivity contribution < 1.29 is 9.59 Å². The molecule has 0 radical (unpaired) electrons. The third kappa shape index (κ3) is 5.90. The first kappa shape index (κ1) is 23.2. The molecule has 176 valence electrons. The van der Waals surface area contributed by atoms with Crippen molar-refractivity contribution in [2.24, 2.45) is 17.6 Å². The molecule has 3 unspecified atom stereocenters. The van der Waals surface area contributed by atoms with E-state index in [1.54, 1.807) is 11.8 Å². The maximum Gasteiger partial charge on any atom is 0.242 e. The molecule has 0 spiro atoms. The fourth-order valence-corrected chi connectivity index (χ4v) is 5.79. The first-order valence-corrected chi connectivity index (χ1v) is 12.6. The number of hydrogen-bond donors (Lipinski definition) is 2. The highest BCUT2D eigenvalue weighted by atomic mass is 16.2. The SMILES string of the molecule is CC(=O)N1CCC(N(Cc2ccccc2)C2CC2)C[C@@H]1C(=O)NCC1CCCC(CN)C1. The van der Waals surface area contributed by atoms with Gasteiger partial charge in [0, 0.05) is 38.6 Å². The lowest BCUT2D eigenvalue weighted by molar-refractivity contribution is -0.142. The average Bonchev–Trinajstić information content (AvgIpc) is 3.66. The zero-order chi connectivity index (χ0) is 22.5. The summed E-state index contributed by atoms with van der Waals surface area (Å²) in [7, 11) is 0. The van der Waals surface area contributed by atoms with Crippen LogP contribution in [0.3, 0.4) is 0 Å². The number of likely N-dealkylation sites (tertiary alicyclic amines) is 1. The maximum atomic E-state index is 13.3. The summed E-state index contributed by atoms with van der Waals surface area (Å²) in [5.74, 6) is 1.12. The number of nitrogens with two attached hydrogens (primary N) is 1. The molecule has 6 nitrogen and oxygen atoms in total. The highest BCUT2D eigenvalue weighted by Gasteiger charge is 2.41. The average molecular weight is 441 g/mol. The van der Waals surface area contributed by atoms with Gasteiger partial charge < -0.3 is 16.0 Å². The number of hydrogen-bond acceptors (Lipinski definition) is 4. The molecule has 3 N–H and O–H groups in total. The minimum Gasteiger partial charge on any atom is -0.354 e. The molecule has 0 bridgehead atoms. The summed E-state index contributed by atoms with van der Waals surface area (Å²) >= 11 is 0. The molecule has 3 fully saturated rings. The molecular weight excluding hydrogens is 400 g/mol. The molecule has 6 heteroatoms. The van der Waals surface area contributed by atoms with Gasteiger partial charge in [0.1, 0.15) is 6.04 Å². The van der Waals surface area contributed by atoms with Crippen molar-refractivity contribution in [3.05, 3.63) is 35.9 Å². The van der Waals surface area contributed by atoms with Crippen molar-refractivity contribution >= 4 is 11.8 Å². The highest BCUT2D eigenvalue weighted by molar-refractivity contribution is 5.87. The summed E-state index contributed by atoms with van der Waals surface area (Å²) in [6.45, 7) is 4.63. The van der Waals surface area contributed by atoms with Gasteiger partial charge in [-0.25, -0.2) is 0 Å². The van der Waals surface area contributed by atoms with Crippen molar-refractivity contribution in [3.8, 4) is 0 Å². The molecule has 4 rings (SSSR count). The Morgan fingerprint density at radius 1 is 1.03 bits per heavy atom. The first-order chi connectivity index (χ1) is 15.5. The fourth-order valence-electron chi connectivity index (χ4n) is 5.79. The monoisotopic (exact) mass is 440 g/mol. The van der Waals surface area contributed by atoms with E-state index in [0.717, 1.165) is 38.8 Å². The number of amides is 2. The molecular formula is C26H40N4O2. The molecule has 1 saturated heterocycles. The summed E-state index contributed by atoms with van der Waals surface area (Å²) in [5, 5.41) is 3.21. The van der Waals surface area contributed by atoms with Crippen molar-refractivity contribution in [1.29, 1.82) is 0 Å². The van der Waals surface area contributed by atoms with Crippen LogP contribution in [0.5, 0.6) is 0 Å². The van der Waals surface area contributed by atoms with Gasteiger partial charge in [0.05, 0.1) is 0 Å². The van der Waals surface area contributed by atoms with Gasteiger partial charge in [-0.2, -0.15) is 0 Å². The zero-order valence-corrected chi connectivity index (χ0v) is 19.5. The van der Waals surface area contributed by atoms with Crippen LogP contribution in [0.25, 0.3) is 0 Å². The fraction of sp³-hybridized carbons (Fsp3) is 0.692. The lowest BCUT2D eigenvalue weighted by Crippen LogP contribution is -2.57. The van der Waals surface area contributed by atoms with E-state index in [0.29, 0.717) is 37.0 Å². The van der Waals surface area contributed by atoms with Crippen molar-refractivity contribution in [2.45, 2.75) is 83.0 Å². The van der Waals surface area contributed by atoms with Crippen molar-refractivity contribution in [1.82, 2.24) is 15.1 Å². The minimum atomic E-state index is -0.364. The Balaban J connectivity index is 1.39. The third-order valence-corrected chi connectivity index (χ3v) is 7.76. The van der Waals surface area contributed by atoms with Gasteiger partial charge in [0.15, 0.2) is 0 Å². The topological polar surface area (TPSA) is 78.7 Å². The standard InChI is InChI=1S/C26H40N4O2/c1-19(31)29-13-12-24(30(23-10-11-23)18-20-6-3-2-4-7-20)15-25(29)26(32)28-17-22-9-5-8-21(14-22)16-27/h2-4,6-7,21-25H,5,8-18,27H2,1H3,(H,28,32)/t21?,22?,24?,25-/m1/s1. The largest absolute Gasteiger partial charge is 0.354 e. The van der Waals surface area contributed by atoms with Crippen LogP contribution >= 0.6 is 0 Å². The second-order valence-electron chi connectivity index (χ2n) is 10.2. The van der Waals surface area contributed by atoms with Gasteiger partial charge in [-0.3, -0.25) is 14.5 Å². The van der Waals surface area contributed by atoms with E-state index < -0.39 is 0 Å². The summed E-state index contributed by atoms with van der Waals surface area (Å²) < 4.78 is 0. The molecule has 2 aliphatic carbocycles. The van der Waals surface area contributed by atoms with E-state index in [1.807, 2.05) is 0 Å². The van der Waals surface area contributed by atoms with E-state index in [-0.39, 0.29) is 17.9 Å². The Labute approximate surface area is 192 Å². The molecule has 4 atom stereocenters. The number of carbonyl (C=O) groups excluding carboxylic acids is 2. The number of piperidine rings is 1. The molecule has 2 amide bonds. The summed E-state index contributed by atoms with van der Waals surface area (Å²) in [5.41, 5.74) is 7.20. The predicted molar refractivity (Wildman–Crippen MR) is 127 cm³/mol. The Kier molecular flexibility index (Phi) is 7.84. The lowest BCUT2D eigenvalue weighted by Gasteiger charge is -2.43. The normalized spacial score (nSPS) is 28.5. The number of nitrogens with one attached hydrogen (secondary N) is 1. The van der Waals surface area contributed by atoms with E-state index in [2.05, 4.69) is 40.5 Å². The number of carbonyl (C=O) groups is 2. The van der Waals surface area contributed by atoms with Gasteiger partial charge in [-0.15, -0.1) is 0 Å². The predicted octanol–water partition coefficient (Wildman–Crippen LogP) is 2.91. The molecule has 32 heavy (non-hydrogen) atoms. The molecule has 1 aliphatic heterocycles. The number of rotatable bonds is 8. The van der Waals surface area contributed by atoms with Gasteiger partial charge in [0.25, 0.3) is 0 Å². The van der Waals surface area contributed by atoms with E-state index in [1.165, 1.54) is 31.2 Å². The van der Waals surface area contributed by atoms with Gasteiger partial charge in [-0.05, 0) is 68.9 Å². The molecule has 1 heterocycles. The molecule has 2 saturated carbocycles. The van der Waals surface area contributed by atoms with Crippen LogP contribution in [0.2, 0.25) is 0 Å². The minimum absolute atomic E-state index is 0.00509. The maximum absolute atomic E-state index is 13.3. The summed E-state index contributed by atoms with van der Waals surface area (Å²) in [6.07, 6.45) is 8.81. The number of benzene rings is 1. The van der Waals surface area contributed by atoms with Crippen LogP contribution < -0.4 is 11.1 Å². The Morgan fingerprint density at radius 2 is 1.78 bits per heavy atom. The molecule has 1 aromatic carbocycles. The highest BCUT2D eigenvalue weighted by Crippen LogP contribution is 2.35. The molecule has 3 aliphatic rings. The van der Waals surface area contributed by atoms with Gasteiger partial charge >= 0.3 is 0 Å².